The SMILES string of the molecule is CCNC(=NCc1ccc(C)s1)NCC(O)COc1ccc([N+](=O)[O-])cc1. The highest BCUT2D eigenvalue weighted by Gasteiger charge is 2.09. The van der Waals surface area contributed by atoms with Crippen molar-refractivity contribution >= 4 is 23.0 Å². The Morgan fingerprint density at radius 3 is 2.63 bits per heavy atom. The van der Waals surface area contributed by atoms with Crippen LogP contribution in [0.5, 0.6) is 5.75 Å². The molecule has 0 spiro atoms. The summed E-state index contributed by atoms with van der Waals surface area (Å²) in [5.74, 6) is 1.09. The van der Waals surface area contributed by atoms with Crippen LogP contribution in [0, 0.1) is 17.0 Å². The number of thiophene rings is 1. The standard InChI is InChI=1S/C18H24N4O4S/c1-3-19-18(21-11-17-9-4-13(2)27-17)20-10-15(23)12-26-16-7-5-14(6-8-16)22(24)25/h4-9,15,23H,3,10-12H2,1-2H3,(H2,19,20,21). The van der Waals surface area contributed by atoms with Crippen LogP contribution in [0.3, 0.4) is 0 Å². The van der Waals surface area contributed by atoms with Gasteiger partial charge in [-0.1, -0.05) is 0 Å². The van der Waals surface area contributed by atoms with E-state index >= 15 is 0 Å². The van der Waals surface area contributed by atoms with Crippen LogP contribution in [0.4, 0.5) is 5.69 Å². The number of rotatable bonds is 9. The van der Waals surface area contributed by atoms with Gasteiger partial charge in [0, 0.05) is 35.0 Å². The quantitative estimate of drug-likeness (QED) is 0.262. The molecule has 2 rings (SSSR count). The Morgan fingerprint density at radius 2 is 2.04 bits per heavy atom. The van der Waals surface area contributed by atoms with Crippen LogP contribution in [-0.4, -0.2) is 41.8 Å². The highest BCUT2D eigenvalue weighted by atomic mass is 32.1. The molecule has 0 amide bonds. The number of nitrogens with one attached hydrogen (secondary N) is 2. The normalized spacial score (nSPS) is 12.5. The zero-order valence-corrected chi connectivity index (χ0v) is 16.2. The van der Waals surface area contributed by atoms with Gasteiger partial charge in [-0.3, -0.25) is 10.1 Å². The molecule has 27 heavy (non-hydrogen) atoms. The fourth-order valence-corrected chi connectivity index (χ4v) is 3.01. The van der Waals surface area contributed by atoms with Gasteiger partial charge in [0.1, 0.15) is 18.5 Å². The summed E-state index contributed by atoms with van der Waals surface area (Å²) >= 11 is 1.71. The molecule has 2 aromatic rings. The largest absolute Gasteiger partial charge is 0.491 e. The maximum Gasteiger partial charge on any atom is 0.269 e. The average molecular weight is 392 g/mol. The van der Waals surface area contributed by atoms with Crippen LogP contribution >= 0.6 is 11.3 Å². The highest BCUT2D eigenvalue weighted by molar-refractivity contribution is 7.11. The van der Waals surface area contributed by atoms with Crippen LogP contribution in [-0.2, 0) is 6.54 Å². The summed E-state index contributed by atoms with van der Waals surface area (Å²) in [7, 11) is 0. The third kappa shape index (κ3) is 7.24. The molecule has 0 aliphatic carbocycles. The molecule has 0 saturated carbocycles. The number of hydrogen-bond acceptors (Lipinski definition) is 6. The number of nitro benzene ring substituents is 1. The zero-order chi connectivity index (χ0) is 19.6. The Labute approximate surface area is 162 Å². The molecule has 0 aliphatic heterocycles. The van der Waals surface area contributed by atoms with Gasteiger partial charge in [-0.15, -0.1) is 11.3 Å². The molecular formula is C18H24N4O4S. The Morgan fingerprint density at radius 1 is 1.30 bits per heavy atom. The number of aliphatic imine (C=N–C) groups is 1. The second kappa shape index (κ2) is 10.5. The van der Waals surface area contributed by atoms with E-state index in [0.717, 1.165) is 0 Å². The maximum atomic E-state index is 10.6. The van der Waals surface area contributed by atoms with Crippen LogP contribution in [0.15, 0.2) is 41.4 Å². The van der Waals surface area contributed by atoms with E-state index in [-0.39, 0.29) is 18.8 Å². The molecule has 0 radical (unpaired) electrons. The van der Waals surface area contributed by atoms with Crippen LogP contribution in [0.1, 0.15) is 16.7 Å². The molecule has 1 aromatic heterocycles. The van der Waals surface area contributed by atoms with Crippen molar-refractivity contribution in [2.45, 2.75) is 26.5 Å². The predicted molar refractivity (Wildman–Crippen MR) is 106 cm³/mol. The van der Waals surface area contributed by atoms with E-state index in [1.54, 1.807) is 11.3 Å². The lowest BCUT2D eigenvalue weighted by Gasteiger charge is -2.16. The third-order valence-electron chi connectivity index (χ3n) is 3.53. The molecule has 1 unspecified atom stereocenters. The predicted octanol–water partition coefficient (Wildman–Crippen LogP) is 2.46. The number of hydrogen-bond donors (Lipinski definition) is 3. The molecule has 0 bridgehead atoms. The van der Waals surface area contributed by atoms with Crippen molar-refractivity contribution in [2.24, 2.45) is 4.99 Å². The van der Waals surface area contributed by atoms with E-state index in [4.69, 9.17) is 4.74 Å². The summed E-state index contributed by atoms with van der Waals surface area (Å²) in [6.07, 6.45) is -0.756. The molecule has 0 saturated heterocycles. The Bertz CT molecular complexity index is 761. The molecule has 3 N–H and O–H groups in total. The minimum Gasteiger partial charge on any atom is -0.491 e. The van der Waals surface area contributed by atoms with Crippen molar-refractivity contribution in [3.8, 4) is 5.75 Å². The van der Waals surface area contributed by atoms with E-state index < -0.39 is 11.0 Å². The number of aliphatic hydroxyl groups is 1. The van der Waals surface area contributed by atoms with Gasteiger partial charge in [0.15, 0.2) is 5.96 Å². The first-order valence-corrected chi connectivity index (χ1v) is 9.42. The van der Waals surface area contributed by atoms with Gasteiger partial charge in [0.2, 0.25) is 0 Å². The first-order valence-electron chi connectivity index (χ1n) is 8.60. The molecule has 1 atom stereocenters. The fourth-order valence-electron chi connectivity index (χ4n) is 2.20. The first-order chi connectivity index (χ1) is 13.0. The zero-order valence-electron chi connectivity index (χ0n) is 15.3. The third-order valence-corrected chi connectivity index (χ3v) is 4.51. The number of nitro groups is 1. The van der Waals surface area contributed by atoms with Gasteiger partial charge in [-0.25, -0.2) is 4.99 Å². The number of nitrogens with zero attached hydrogens (tertiary/aromatic N) is 2. The van der Waals surface area contributed by atoms with Gasteiger partial charge in [0.25, 0.3) is 5.69 Å². The number of aryl methyl sites for hydroxylation is 1. The summed E-state index contributed by atoms with van der Waals surface area (Å²) in [6.45, 7) is 5.65. The fraction of sp³-hybridized carbons (Fsp3) is 0.389. The van der Waals surface area contributed by atoms with Crippen LogP contribution in [0.2, 0.25) is 0 Å². The lowest BCUT2D eigenvalue weighted by molar-refractivity contribution is -0.384. The summed E-state index contributed by atoms with van der Waals surface area (Å²) < 4.78 is 5.46. The summed E-state index contributed by atoms with van der Waals surface area (Å²) in [4.78, 5) is 17.1. The second-order valence-electron chi connectivity index (χ2n) is 5.80. The minimum absolute atomic E-state index is 0.00278. The van der Waals surface area contributed by atoms with Gasteiger partial charge in [0.05, 0.1) is 11.5 Å². The van der Waals surface area contributed by atoms with Crippen molar-refractivity contribution in [1.82, 2.24) is 10.6 Å². The lowest BCUT2D eigenvalue weighted by Crippen LogP contribution is -2.42. The van der Waals surface area contributed by atoms with Crippen molar-refractivity contribution in [3.63, 3.8) is 0 Å². The molecule has 1 heterocycles. The molecular weight excluding hydrogens is 368 g/mol. The second-order valence-corrected chi connectivity index (χ2v) is 7.18. The molecule has 146 valence electrons. The molecule has 9 heteroatoms. The summed E-state index contributed by atoms with van der Waals surface area (Å²) in [5.41, 5.74) is -0.00278. The Kier molecular flexibility index (Phi) is 8.02. The van der Waals surface area contributed by atoms with Crippen molar-refractivity contribution < 1.29 is 14.8 Å². The number of ether oxygens (including phenoxy) is 1. The molecule has 8 nitrogen and oxygen atoms in total. The Balaban J connectivity index is 1.78. The number of benzene rings is 1. The number of non-ortho nitro benzene ring substituents is 1. The topological polar surface area (TPSA) is 109 Å². The van der Waals surface area contributed by atoms with Gasteiger partial charge in [-0.2, -0.15) is 0 Å². The van der Waals surface area contributed by atoms with E-state index in [2.05, 4.69) is 34.7 Å². The van der Waals surface area contributed by atoms with Gasteiger partial charge < -0.3 is 20.5 Å². The van der Waals surface area contributed by atoms with E-state index in [1.807, 2.05) is 6.92 Å². The molecule has 0 aliphatic rings. The minimum atomic E-state index is -0.756. The van der Waals surface area contributed by atoms with Crippen LogP contribution < -0.4 is 15.4 Å². The average Bonchev–Trinajstić information content (AvgIpc) is 3.08. The number of guanidine groups is 1. The molecule has 1 aromatic carbocycles. The number of aliphatic hydroxyl groups excluding tert-OH is 1. The van der Waals surface area contributed by atoms with E-state index in [9.17, 15) is 15.2 Å². The highest BCUT2D eigenvalue weighted by Crippen LogP contribution is 2.17. The van der Waals surface area contributed by atoms with Crippen molar-refractivity contribution in [1.29, 1.82) is 0 Å². The first kappa shape index (κ1) is 20.7. The Hall–Kier alpha value is -2.65. The van der Waals surface area contributed by atoms with Crippen molar-refractivity contribution in [2.75, 3.05) is 19.7 Å². The summed E-state index contributed by atoms with van der Waals surface area (Å²) in [6, 6.07) is 9.86. The summed E-state index contributed by atoms with van der Waals surface area (Å²) in [5, 5.41) is 26.9. The monoisotopic (exact) mass is 392 g/mol. The van der Waals surface area contributed by atoms with Crippen molar-refractivity contribution in [3.05, 3.63) is 56.3 Å². The van der Waals surface area contributed by atoms with Gasteiger partial charge in [-0.05, 0) is 38.1 Å². The molecule has 0 fully saturated rings. The van der Waals surface area contributed by atoms with E-state index in [0.29, 0.717) is 24.8 Å². The van der Waals surface area contributed by atoms with E-state index in [1.165, 1.54) is 34.0 Å². The van der Waals surface area contributed by atoms with Crippen LogP contribution in [0.25, 0.3) is 0 Å². The maximum absolute atomic E-state index is 10.6. The van der Waals surface area contributed by atoms with Gasteiger partial charge >= 0.3 is 0 Å². The smallest absolute Gasteiger partial charge is 0.269 e. The lowest BCUT2D eigenvalue weighted by atomic mass is 10.3.